The summed E-state index contributed by atoms with van der Waals surface area (Å²) in [6, 6.07) is 12.8. The van der Waals surface area contributed by atoms with E-state index >= 15 is 0 Å². The molecule has 42 heavy (non-hydrogen) atoms. The Bertz CT molecular complexity index is 1690. The average Bonchev–Trinajstić information content (AvgIpc) is 2.94. The molecule has 0 unspecified atom stereocenters. The zero-order valence-electron chi connectivity index (χ0n) is 22.5. The molecule has 0 aliphatic heterocycles. The molecule has 0 spiro atoms. The number of benzene rings is 2. The Morgan fingerprint density at radius 2 is 1.64 bits per heavy atom. The third-order valence-electron chi connectivity index (χ3n) is 5.95. The molecule has 2 heterocycles. The first-order chi connectivity index (χ1) is 19.8. The number of rotatable bonds is 9. The Kier molecular flexibility index (Phi) is 8.66. The molecule has 0 radical (unpaired) electrons. The zero-order chi connectivity index (χ0) is 30.7. The number of anilines is 2. The van der Waals surface area contributed by atoms with Gasteiger partial charge in [0.25, 0.3) is 0 Å². The molecule has 15 heteroatoms. The van der Waals surface area contributed by atoms with Crippen LogP contribution in [0.25, 0.3) is 0 Å². The summed E-state index contributed by atoms with van der Waals surface area (Å²) in [6.45, 7) is 2.82. The molecule has 4 aromatic rings. The summed E-state index contributed by atoms with van der Waals surface area (Å²) in [6.07, 6.45) is -3.21. The second kappa shape index (κ2) is 12.0. The quantitative estimate of drug-likeness (QED) is 0.271. The third-order valence-corrected chi connectivity index (χ3v) is 6.20. The summed E-state index contributed by atoms with van der Waals surface area (Å²) in [5, 5.41) is 3.43. The Morgan fingerprint density at radius 1 is 0.976 bits per heavy atom. The second-order valence-electron chi connectivity index (χ2n) is 9.66. The standard InChI is InChI=1S/C27H24ClF3N6O5/c1-26(2,22(38)41-3)15-37-24(39)35-23(36(25(37)40)14-16-4-6-17(28)7-5-16)34-18-8-10-19(11-9-18)42-21-13-32-20(12-33-21)27(29,30)31/h4-13H,14-15H2,1-3H3,(H,34,35,39). The molecule has 0 aliphatic rings. The van der Waals surface area contributed by atoms with Gasteiger partial charge in [-0.3, -0.25) is 9.36 Å². The van der Waals surface area contributed by atoms with Crippen molar-refractivity contribution in [2.24, 2.45) is 5.41 Å². The van der Waals surface area contributed by atoms with Crippen molar-refractivity contribution in [3.8, 4) is 11.6 Å². The van der Waals surface area contributed by atoms with Gasteiger partial charge in [0.1, 0.15) is 5.75 Å². The fourth-order valence-corrected chi connectivity index (χ4v) is 3.91. The molecule has 0 bridgehead atoms. The molecule has 0 fully saturated rings. The van der Waals surface area contributed by atoms with Gasteiger partial charge in [0.05, 0.1) is 31.5 Å². The SMILES string of the molecule is COC(=O)C(C)(C)Cn1c(=O)nc(Nc2ccc(Oc3cnc(C(F)(F)F)cn3)cc2)n(Cc2ccc(Cl)cc2)c1=O. The Balaban J connectivity index is 1.63. The van der Waals surface area contributed by atoms with Gasteiger partial charge >= 0.3 is 23.5 Å². The largest absolute Gasteiger partial charge is 0.469 e. The van der Waals surface area contributed by atoms with Gasteiger partial charge in [0.2, 0.25) is 11.8 Å². The van der Waals surface area contributed by atoms with E-state index in [0.29, 0.717) is 22.5 Å². The third kappa shape index (κ3) is 7.13. The van der Waals surface area contributed by atoms with Crippen LogP contribution in [0.5, 0.6) is 11.6 Å². The van der Waals surface area contributed by atoms with Gasteiger partial charge in [-0.05, 0) is 55.8 Å². The predicted molar refractivity (Wildman–Crippen MR) is 146 cm³/mol. The van der Waals surface area contributed by atoms with E-state index < -0.39 is 34.6 Å². The number of alkyl halides is 3. The van der Waals surface area contributed by atoms with Gasteiger partial charge < -0.3 is 14.8 Å². The van der Waals surface area contributed by atoms with E-state index in [4.69, 9.17) is 21.1 Å². The Labute approximate surface area is 241 Å². The maximum Gasteiger partial charge on any atom is 0.434 e. The summed E-state index contributed by atoms with van der Waals surface area (Å²) in [4.78, 5) is 49.7. The van der Waals surface area contributed by atoms with Crippen LogP contribution in [0.4, 0.5) is 24.8 Å². The van der Waals surface area contributed by atoms with Crippen molar-refractivity contribution >= 4 is 29.2 Å². The van der Waals surface area contributed by atoms with E-state index in [1.54, 1.807) is 38.1 Å². The lowest BCUT2D eigenvalue weighted by atomic mass is 9.94. The summed E-state index contributed by atoms with van der Waals surface area (Å²) in [5.41, 5.74) is -2.85. The Morgan fingerprint density at radius 3 is 2.21 bits per heavy atom. The number of aromatic nitrogens is 5. The van der Waals surface area contributed by atoms with E-state index in [1.165, 1.54) is 35.9 Å². The van der Waals surface area contributed by atoms with Gasteiger partial charge in [0.15, 0.2) is 5.69 Å². The number of carbonyl (C=O) groups excluding carboxylic acids is 1. The average molecular weight is 605 g/mol. The van der Waals surface area contributed by atoms with Gasteiger partial charge in [0, 0.05) is 17.3 Å². The molecule has 2 aromatic carbocycles. The maximum absolute atomic E-state index is 13.6. The molecule has 4 rings (SSSR count). The monoisotopic (exact) mass is 604 g/mol. The topological polar surface area (TPSA) is 130 Å². The van der Waals surface area contributed by atoms with E-state index in [1.807, 2.05) is 0 Å². The van der Waals surface area contributed by atoms with Gasteiger partial charge in [-0.15, -0.1) is 0 Å². The van der Waals surface area contributed by atoms with Crippen LogP contribution in [-0.2, 0) is 28.8 Å². The van der Waals surface area contributed by atoms with Gasteiger partial charge in [-0.1, -0.05) is 23.7 Å². The van der Waals surface area contributed by atoms with Crippen molar-refractivity contribution in [3.63, 3.8) is 0 Å². The summed E-state index contributed by atoms with van der Waals surface area (Å²) >= 11 is 5.99. The van der Waals surface area contributed by atoms with E-state index in [2.05, 4.69) is 20.3 Å². The van der Waals surface area contributed by atoms with Crippen LogP contribution in [0.3, 0.4) is 0 Å². The Hall–Kier alpha value is -4.72. The summed E-state index contributed by atoms with van der Waals surface area (Å²) < 4.78 is 50.5. The lowest BCUT2D eigenvalue weighted by Crippen LogP contribution is -2.46. The first-order valence-electron chi connectivity index (χ1n) is 12.3. The molecular weight excluding hydrogens is 581 g/mol. The van der Waals surface area contributed by atoms with Crippen molar-refractivity contribution in [2.45, 2.75) is 33.1 Å². The first kappa shape index (κ1) is 30.2. The lowest BCUT2D eigenvalue weighted by molar-refractivity contribution is -0.151. The van der Waals surface area contributed by atoms with Crippen LogP contribution >= 0.6 is 11.6 Å². The summed E-state index contributed by atoms with van der Waals surface area (Å²) in [5.74, 6) is -0.596. The molecule has 2 aromatic heterocycles. The molecule has 0 atom stereocenters. The van der Waals surface area contributed by atoms with E-state index in [-0.39, 0.29) is 30.7 Å². The number of nitrogens with one attached hydrogen (secondary N) is 1. The highest BCUT2D eigenvalue weighted by Gasteiger charge is 2.33. The van der Waals surface area contributed by atoms with Crippen LogP contribution in [-0.4, -0.2) is 37.2 Å². The van der Waals surface area contributed by atoms with Crippen molar-refractivity contribution in [3.05, 3.63) is 98.2 Å². The van der Waals surface area contributed by atoms with Crippen LogP contribution in [0.15, 0.2) is 70.5 Å². The first-order valence-corrected chi connectivity index (χ1v) is 12.6. The number of hydrogen-bond donors (Lipinski definition) is 1. The normalized spacial score (nSPS) is 11.7. The minimum absolute atomic E-state index is 0.0120. The zero-order valence-corrected chi connectivity index (χ0v) is 23.2. The highest BCUT2D eigenvalue weighted by Crippen LogP contribution is 2.28. The van der Waals surface area contributed by atoms with Gasteiger partial charge in [-0.2, -0.15) is 18.2 Å². The number of ether oxygens (including phenoxy) is 2. The van der Waals surface area contributed by atoms with Crippen molar-refractivity contribution in [1.29, 1.82) is 0 Å². The maximum atomic E-state index is 13.6. The van der Waals surface area contributed by atoms with Crippen molar-refractivity contribution in [2.75, 3.05) is 12.4 Å². The van der Waals surface area contributed by atoms with Crippen molar-refractivity contribution < 1.29 is 27.4 Å². The molecule has 1 N–H and O–H groups in total. The minimum atomic E-state index is -4.63. The fraction of sp³-hybridized carbons (Fsp3) is 0.259. The van der Waals surface area contributed by atoms with E-state index in [9.17, 15) is 27.6 Å². The van der Waals surface area contributed by atoms with E-state index in [0.717, 1.165) is 10.8 Å². The van der Waals surface area contributed by atoms with Crippen molar-refractivity contribution in [1.82, 2.24) is 24.1 Å². The molecule has 0 aliphatic carbocycles. The number of esters is 1. The predicted octanol–water partition coefficient (Wildman–Crippen LogP) is 4.65. The van der Waals surface area contributed by atoms with Gasteiger partial charge in [-0.25, -0.2) is 24.1 Å². The highest BCUT2D eigenvalue weighted by atomic mass is 35.5. The number of methoxy groups -OCH3 is 1. The van der Waals surface area contributed by atoms with Crippen LogP contribution in [0.2, 0.25) is 5.02 Å². The molecule has 11 nitrogen and oxygen atoms in total. The fourth-order valence-electron chi connectivity index (χ4n) is 3.78. The molecule has 0 saturated heterocycles. The highest BCUT2D eigenvalue weighted by molar-refractivity contribution is 6.30. The van der Waals surface area contributed by atoms with Crippen LogP contribution in [0, 0.1) is 5.41 Å². The smallest absolute Gasteiger partial charge is 0.434 e. The number of nitrogens with zero attached hydrogens (tertiary/aromatic N) is 5. The molecule has 0 amide bonds. The second-order valence-corrected chi connectivity index (χ2v) is 10.1. The number of carbonyl (C=O) groups is 1. The minimum Gasteiger partial charge on any atom is -0.469 e. The number of hydrogen-bond acceptors (Lipinski definition) is 9. The number of halogens is 4. The molecule has 220 valence electrons. The van der Waals surface area contributed by atoms with Crippen LogP contribution in [0.1, 0.15) is 25.1 Å². The molecule has 0 saturated carbocycles. The summed E-state index contributed by atoms with van der Waals surface area (Å²) in [7, 11) is 1.21. The lowest BCUT2D eigenvalue weighted by Gasteiger charge is -2.23. The van der Waals surface area contributed by atoms with Crippen LogP contribution < -0.4 is 21.4 Å². The molecular formula is C27H24ClF3N6O5.